The molecule has 0 saturated carbocycles. The first kappa shape index (κ1) is 19.4. The summed E-state index contributed by atoms with van der Waals surface area (Å²) < 4.78 is 6.52. The summed E-state index contributed by atoms with van der Waals surface area (Å²) in [5, 5.41) is 3.11. The van der Waals surface area contributed by atoms with Crippen LogP contribution < -0.4 is 5.32 Å². The van der Waals surface area contributed by atoms with Gasteiger partial charge in [-0.15, -0.1) is 11.8 Å². The maximum atomic E-state index is 12.3. The van der Waals surface area contributed by atoms with Crippen LogP contribution in [-0.4, -0.2) is 49.4 Å². The lowest BCUT2D eigenvalue weighted by Gasteiger charge is -2.34. The Kier molecular flexibility index (Phi) is 7.55. The summed E-state index contributed by atoms with van der Waals surface area (Å²) in [7, 11) is 0. The lowest BCUT2D eigenvalue weighted by atomic mass is 10.0. The molecule has 1 aliphatic heterocycles. The highest BCUT2D eigenvalue weighted by molar-refractivity contribution is 9.10. The standard InChI is InChI=1S/C20H23BrN2O2S/c21-17-6-8-18(9-7-17)26-15-20(24)22-14-19(16-4-2-1-3-5-16)23-10-12-25-13-11-23/h1-9,19H,10-15H2,(H,22,24). The van der Waals surface area contributed by atoms with Gasteiger partial charge in [0.15, 0.2) is 0 Å². The second-order valence-electron chi connectivity index (χ2n) is 6.12. The molecule has 2 aromatic rings. The number of carbonyl (C=O) groups excluding carboxylic acids is 1. The van der Waals surface area contributed by atoms with Crippen LogP contribution in [0.3, 0.4) is 0 Å². The fourth-order valence-corrected chi connectivity index (χ4v) is 3.96. The third-order valence-electron chi connectivity index (χ3n) is 4.35. The van der Waals surface area contributed by atoms with Crippen LogP contribution >= 0.6 is 27.7 Å². The topological polar surface area (TPSA) is 41.6 Å². The lowest BCUT2D eigenvalue weighted by molar-refractivity contribution is -0.118. The third kappa shape index (κ3) is 5.84. The Morgan fingerprint density at radius 3 is 2.50 bits per heavy atom. The number of amides is 1. The van der Waals surface area contributed by atoms with Crippen LogP contribution in [0.25, 0.3) is 0 Å². The van der Waals surface area contributed by atoms with Gasteiger partial charge in [0.05, 0.1) is 25.0 Å². The number of nitrogens with one attached hydrogen (secondary N) is 1. The van der Waals surface area contributed by atoms with Crippen LogP contribution in [0.5, 0.6) is 0 Å². The van der Waals surface area contributed by atoms with Crippen molar-refractivity contribution in [1.29, 1.82) is 0 Å². The molecule has 0 aliphatic carbocycles. The van der Waals surface area contributed by atoms with E-state index >= 15 is 0 Å². The summed E-state index contributed by atoms with van der Waals surface area (Å²) in [5.74, 6) is 0.485. The summed E-state index contributed by atoms with van der Waals surface area (Å²) >= 11 is 4.98. The molecule has 1 fully saturated rings. The molecule has 0 aromatic heterocycles. The van der Waals surface area contributed by atoms with Gasteiger partial charge in [0.2, 0.25) is 5.91 Å². The molecule has 26 heavy (non-hydrogen) atoms. The van der Waals surface area contributed by atoms with Gasteiger partial charge in [0, 0.05) is 29.0 Å². The van der Waals surface area contributed by atoms with Crippen LogP contribution in [0.4, 0.5) is 0 Å². The van der Waals surface area contributed by atoms with E-state index < -0.39 is 0 Å². The zero-order chi connectivity index (χ0) is 18.2. The number of thioether (sulfide) groups is 1. The summed E-state index contributed by atoms with van der Waals surface area (Å²) in [6.45, 7) is 3.89. The van der Waals surface area contributed by atoms with E-state index in [0.29, 0.717) is 12.3 Å². The van der Waals surface area contributed by atoms with Gasteiger partial charge in [-0.2, -0.15) is 0 Å². The predicted octanol–water partition coefficient (Wildman–Crippen LogP) is 3.73. The van der Waals surface area contributed by atoms with E-state index in [9.17, 15) is 4.79 Å². The number of ether oxygens (including phenoxy) is 1. The van der Waals surface area contributed by atoms with Crippen LogP contribution in [0.2, 0.25) is 0 Å². The summed E-state index contributed by atoms with van der Waals surface area (Å²) in [5.41, 5.74) is 1.23. The van der Waals surface area contributed by atoms with Crippen molar-refractivity contribution >= 4 is 33.6 Å². The fraction of sp³-hybridized carbons (Fsp3) is 0.350. The minimum absolute atomic E-state index is 0.0621. The molecule has 1 atom stereocenters. The molecule has 1 aliphatic rings. The maximum Gasteiger partial charge on any atom is 0.230 e. The molecule has 0 radical (unpaired) electrons. The average Bonchev–Trinajstić information content (AvgIpc) is 2.69. The van der Waals surface area contributed by atoms with Gasteiger partial charge < -0.3 is 10.1 Å². The maximum absolute atomic E-state index is 12.3. The Labute approximate surface area is 167 Å². The smallest absolute Gasteiger partial charge is 0.230 e. The number of hydrogen-bond acceptors (Lipinski definition) is 4. The SMILES string of the molecule is O=C(CSc1ccc(Br)cc1)NCC(c1ccccc1)N1CCOCC1. The molecule has 1 unspecified atom stereocenters. The number of morpholine rings is 1. The zero-order valence-corrected chi connectivity index (χ0v) is 17.0. The Hall–Kier alpha value is -1.34. The van der Waals surface area contributed by atoms with Crippen LogP contribution in [-0.2, 0) is 9.53 Å². The summed E-state index contributed by atoms with van der Waals surface area (Å²) in [6.07, 6.45) is 0. The molecular weight excluding hydrogens is 412 g/mol. The quantitative estimate of drug-likeness (QED) is 0.673. The highest BCUT2D eigenvalue weighted by Gasteiger charge is 2.23. The van der Waals surface area contributed by atoms with E-state index in [2.05, 4.69) is 38.3 Å². The van der Waals surface area contributed by atoms with Gasteiger partial charge in [-0.3, -0.25) is 9.69 Å². The third-order valence-corrected chi connectivity index (χ3v) is 5.89. The van der Waals surface area contributed by atoms with Gasteiger partial charge in [-0.1, -0.05) is 46.3 Å². The van der Waals surface area contributed by atoms with Crippen molar-refractivity contribution < 1.29 is 9.53 Å². The van der Waals surface area contributed by atoms with Crippen molar-refractivity contribution in [2.45, 2.75) is 10.9 Å². The fourth-order valence-electron chi connectivity index (χ4n) is 2.96. The molecule has 0 spiro atoms. The molecule has 1 amide bonds. The molecule has 1 saturated heterocycles. The van der Waals surface area contributed by atoms with Gasteiger partial charge >= 0.3 is 0 Å². The first-order valence-corrected chi connectivity index (χ1v) is 10.5. The van der Waals surface area contributed by atoms with Gasteiger partial charge in [-0.25, -0.2) is 0 Å². The van der Waals surface area contributed by atoms with Crippen LogP contribution in [0.1, 0.15) is 11.6 Å². The van der Waals surface area contributed by atoms with E-state index in [0.717, 1.165) is 35.7 Å². The van der Waals surface area contributed by atoms with Crippen molar-refractivity contribution in [3.05, 3.63) is 64.6 Å². The molecular formula is C20H23BrN2O2S. The number of carbonyl (C=O) groups is 1. The average molecular weight is 435 g/mol. The molecule has 1 heterocycles. The van der Waals surface area contributed by atoms with Crippen LogP contribution in [0, 0.1) is 0 Å². The first-order valence-electron chi connectivity index (χ1n) is 8.74. The Morgan fingerprint density at radius 1 is 1.12 bits per heavy atom. The van der Waals surface area contributed by atoms with E-state index in [4.69, 9.17) is 4.74 Å². The summed E-state index contributed by atoms with van der Waals surface area (Å²) in [6, 6.07) is 18.6. The minimum atomic E-state index is 0.0621. The van der Waals surface area contributed by atoms with E-state index in [1.807, 2.05) is 42.5 Å². The van der Waals surface area contributed by atoms with Gasteiger partial charge in [0.1, 0.15) is 0 Å². The van der Waals surface area contributed by atoms with Crippen molar-refractivity contribution in [3.8, 4) is 0 Å². The van der Waals surface area contributed by atoms with Gasteiger partial charge in [0.25, 0.3) is 0 Å². The first-order chi connectivity index (χ1) is 12.7. The molecule has 1 N–H and O–H groups in total. The largest absolute Gasteiger partial charge is 0.379 e. The zero-order valence-electron chi connectivity index (χ0n) is 14.6. The second-order valence-corrected chi connectivity index (χ2v) is 8.09. The molecule has 6 heteroatoms. The van der Waals surface area contributed by atoms with Crippen LogP contribution in [0.15, 0.2) is 64.0 Å². The number of nitrogens with zero attached hydrogens (tertiary/aromatic N) is 1. The van der Waals surface area contributed by atoms with Crippen molar-refractivity contribution in [2.24, 2.45) is 0 Å². The highest BCUT2D eigenvalue weighted by atomic mass is 79.9. The number of hydrogen-bond donors (Lipinski definition) is 1. The lowest BCUT2D eigenvalue weighted by Crippen LogP contribution is -2.44. The molecule has 2 aromatic carbocycles. The normalized spacial score (nSPS) is 16.2. The van der Waals surface area contributed by atoms with E-state index in [1.54, 1.807) is 11.8 Å². The van der Waals surface area contributed by atoms with E-state index in [-0.39, 0.29) is 11.9 Å². The Bertz CT molecular complexity index is 691. The molecule has 138 valence electrons. The molecule has 0 bridgehead atoms. The summed E-state index contributed by atoms with van der Waals surface area (Å²) in [4.78, 5) is 15.8. The number of benzene rings is 2. The van der Waals surface area contributed by atoms with Crippen molar-refractivity contribution in [2.75, 3.05) is 38.6 Å². The molecule has 4 nitrogen and oxygen atoms in total. The van der Waals surface area contributed by atoms with E-state index in [1.165, 1.54) is 5.56 Å². The second kappa shape index (κ2) is 10.1. The van der Waals surface area contributed by atoms with Gasteiger partial charge in [-0.05, 0) is 29.8 Å². The van der Waals surface area contributed by atoms with Crippen molar-refractivity contribution in [3.63, 3.8) is 0 Å². The Balaban J connectivity index is 1.54. The molecule has 3 rings (SSSR count). The highest BCUT2D eigenvalue weighted by Crippen LogP contribution is 2.22. The predicted molar refractivity (Wildman–Crippen MR) is 109 cm³/mol. The Morgan fingerprint density at radius 2 is 1.81 bits per heavy atom. The minimum Gasteiger partial charge on any atom is -0.379 e. The van der Waals surface area contributed by atoms with Crippen molar-refractivity contribution in [1.82, 2.24) is 10.2 Å². The number of halogens is 1. The number of rotatable bonds is 7. The monoisotopic (exact) mass is 434 g/mol.